The number of carbonyl (C=O) groups excluding carboxylic acids is 4. The maximum atomic E-state index is 13.9. The third-order valence-corrected chi connectivity index (χ3v) is 12.1. The lowest BCUT2D eigenvalue weighted by molar-refractivity contribution is -0.134. The number of pyridine rings is 1. The first kappa shape index (κ1) is 40.4. The van der Waals surface area contributed by atoms with Crippen LogP contribution in [0, 0.1) is 5.92 Å². The minimum atomic E-state index is -0.530. The normalized spacial score (nSPS) is 17.9. The van der Waals surface area contributed by atoms with Gasteiger partial charge in [0.25, 0.3) is 17.4 Å². The summed E-state index contributed by atoms with van der Waals surface area (Å²) in [5.74, 6) is 0.521. The monoisotopic (exact) mass is 817 g/mol. The van der Waals surface area contributed by atoms with Gasteiger partial charge in [0.05, 0.1) is 28.2 Å². The molecule has 0 aliphatic carbocycles. The fraction of sp³-hybridized carbons (Fsp3) is 0.442. The molecule has 6 heterocycles. The Hall–Kier alpha value is -6.36. The van der Waals surface area contributed by atoms with Crippen LogP contribution in [0.4, 0.5) is 17.5 Å². The smallest absolute Gasteiger partial charge is 0.293 e. The number of nitrogens with one attached hydrogen (secondary N) is 3. The maximum absolute atomic E-state index is 13.9. The number of likely N-dealkylation sites (N-methyl/N-ethyl adjacent to an activating group) is 1. The predicted molar refractivity (Wildman–Crippen MR) is 227 cm³/mol. The zero-order valence-corrected chi connectivity index (χ0v) is 34.5. The molecule has 60 heavy (non-hydrogen) atoms. The van der Waals surface area contributed by atoms with E-state index in [0.29, 0.717) is 48.2 Å². The van der Waals surface area contributed by atoms with Crippen molar-refractivity contribution < 1.29 is 23.9 Å². The fourth-order valence-electron chi connectivity index (χ4n) is 8.64. The third kappa shape index (κ3) is 8.13. The second-order valence-electron chi connectivity index (χ2n) is 15.9. The highest BCUT2D eigenvalue weighted by Crippen LogP contribution is 2.33. The molecule has 3 aromatic heterocycles. The van der Waals surface area contributed by atoms with Gasteiger partial charge in [-0.2, -0.15) is 10.1 Å². The Kier molecular flexibility index (Phi) is 11.5. The number of piperidine rings is 2. The van der Waals surface area contributed by atoms with E-state index in [-0.39, 0.29) is 48.0 Å². The summed E-state index contributed by atoms with van der Waals surface area (Å²) in [6.45, 7) is 7.31. The van der Waals surface area contributed by atoms with Crippen molar-refractivity contribution in [2.75, 3.05) is 69.7 Å². The van der Waals surface area contributed by atoms with E-state index in [4.69, 9.17) is 14.7 Å². The second kappa shape index (κ2) is 17.1. The Morgan fingerprint density at radius 2 is 1.75 bits per heavy atom. The number of rotatable bonds is 11. The number of aromatic nitrogens is 5. The van der Waals surface area contributed by atoms with Gasteiger partial charge in [-0.05, 0) is 61.9 Å². The zero-order chi connectivity index (χ0) is 42.1. The SMILES string of the molecule is CCc1cnc(N2CCC(CN3CCN(C(=O)c4cccc5c(C6CCC(=O)NC6=O)nn(C)c45)CC3)CC2)nc1Nc1ccc2c(c1)cc(OCC(=O)NC)c(=O)n2C. The van der Waals surface area contributed by atoms with Crippen LogP contribution in [0.5, 0.6) is 5.75 Å². The topological polar surface area (TPSA) is 189 Å². The second-order valence-corrected chi connectivity index (χ2v) is 15.9. The molecule has 2 aromatic carbocycles. The van der Waals surface area contributed by atoms with Gasteiger partial charge >= 0.3 is 0 Å². The number of aryl methyl sites for hydroxylation is 3. The molecular weight excluding hydrogens is 767 g/mol. The minimum absolute atomic E-state index is 0.0415. The number of imide groups is 1. The van der Waals surface area contributed by atoms with Gasteiger partial charge in [-0.15, -0.1) is 0 Å². The highest BCUT2D eigenvalue weighted by Gasteiger charge is 2.33. The van der Waals surface area contributed by atoms with Gasteiger partial charge in [0, 0.05) is 102 Å². The lowest BCUT2D eigenvalue weighted by atomic mass is 9.92. The number of nitrogens with zero attached hydrogens (tertiary/aromatic N) is 8. The van der Waals surface area contributed by atoms with E-state index in [9.17, 15) is 24.0 Å². The maximum Gasteiger partial charge on any atom is 0.293 e. The molecule has 1 atom stereocenters. The van der Waals surface area contributed by atoms with Crippen LogP contribution in [-0.4, -0.2) is 117 Å². The summed E-state index contributed by atoms with van der Waals surface area (Å²) >= 11 is 0. The molecule has 0 radical (unpaired) electrons. The molecule has 17 heteroatoms. The van der Waals surface area contributed by atoms with Gasteiger partial charge in [-0.25, -0.2) is 4.98 Å². The molecule has 4 amide bonds. The molecule has 5 aromatic rings. The Morgan fingerprint density at radius 3 is 2.48 bits per heavy atom. The molecule has 17 nitrogen and oxygen atoms in total. The summed E-state index contributed by atoms with van der Waals surface area (Å²) in [5, 5.41) is 14.6. The van der Waals surface area contributed by atoms with E-state index in [1.54, 1.807) is 24.8 Å². The quantitative estimate of drug-likeness (QED) is 0.166. The lowest BCUT2D eigenvalue weighted by Crippen LogP contribution is -2.50. The molecular formula is C43H51N11O6. The van der Waals surface area contributed by atoms with Crippen molar-refractivity contribution >= 4 is 62.9 Å². The first-order valence-corrected chi connectivity index (χ1v) is 20.7. The number of anilines is 3. The van der Waals surface area contributed by atoms with E-state index in [1.807, 2.05) is 47.5 Å². The summed E-state index contributed by atoms with van der Waals surface area (Å²) in [5.41, 5.74) is 4.07. The summed E-state index contributed by atoms with van der Waals surface area (Å²) in [7, 11) is 4.99. The van der Waals surface area contributed by atoms with Crippen molar-refractivity contribution in [1.29, 1.82) is 0 Å². The summed E-state index contributed by atoms with van der Waals surface area (Å²) in [4.78, 5) is 79.3. The van der Waals surface area contributed by atoms with E-state index in [2.05, 4.69) is 37.8 Å². The first-order chi connectivity index (χ1) is 29.0. The number of fused-ring (bicyclic) bond motifs is 2. The van der Waals surface area contributed by atoms with Crippen LogP contribution >= 0.6 is 0 Å². The van der Waals surface area contributed by atoms with Gasteiger partial charge in [-0.3, -0.25) is 38.9 Å². The number of hydrogen-bond acceptors (Lipinski definition) is 12. The summed E-state index contributed by atoms with van der Waals surface area (Å²) < 4.78 is 8.74. The van der Waals surface area contributed by atoms with Crippen LogP contribution in [0.3, 0.4) is 0 Å². The molecule has 8 rings (SSSR count). The van der Waals surface area contributed by atoms with Crippen LogP contribution in [0.15, 0.2) is 53.5 Å². The molecule has 3 saturated heterocycles. The number of ether oxygens (including phenoxy) is 1. The van der Waals surface area contributed by atoms with Gasteiger partial charge in [0.2, 0.25) is 17.8 Å². The van der Waals surface area contributed by atoms with Crippen molar-refractivity contribution in [1.82, 2.24) is 44.7 Å². The summed E-state index contributed by atoms with van der Waals surface area (Å²) in [6.07, 6.45) is 5.31. The molecule has 1 unspecified atom stereocenters. The zero-order valence-electron chi connectivity index (χ0n) is 34.5. The lowest BCUT2D eigenvalue weighted by Gasteiger charge is -2.39. The Bertz CT molecular complexity index is 2530. The number of amides is 4. The molecule has 3 N–H and O–H groups in total. The molecule has 0 saturated carbocycles. The van der Waals surface area contributed by atoms with Crippen molar-refractivity contribution in [3.05, 3.63) is 75.8 Å². The van der Waals surface area contributed by atoms with Crippen LogP contribution < -0.4 is 31.1 Å². The van der Waals surface area contributed by atoms with Crippen molar-refractivity contribution in [3.63, 3.8) is 0 Å². The van der Waals surface area contributed by atoms with Gasteiger partial charge in [0.1, 0.15) is 5.82 Å². The molecule has 3 aliphatic rings. The highest BCUT2D eigenvalue weighted by molar-refractivity contribution is 6.08. The molecule has 0 spiro atoms. The van der Waals surface area contributed by atoms with E-state index < -0.39 is 5.92 Å². The number of benzene rings is 2. The standard InChI is InChI=1S/C43H51N11O6/c1-5-27-23-45-43(48-39(27)46-29-9-11-33-28(21-29)22-34(42(59)50(33)3)60-25-36(56)44-2)54-15-13-26(14-16-54)24-52-17-19-53(20-18-52)41(58)32-8-6-7-30-37(49-51(4)38(30)32)31-10-12-35(55)47-40(31)57/h6-9,11,21-23,26,31H,5,10,12-20,24-25H2,1-4H3,(H,44,56)(H,45,46,48)(H,47,55,57). The Labute approximate surface area is 347 Å². The highest BCUT2D eigenvalue weighted by atomic mass is 16.5. The number of para-hydroxylation sites is 1. The Balaban J connectivity index is 0.866. The predicted octanol–water partition coefficient (Wildman–Crippen LogP) is 2.84. The van der Waals surface area contributed by atoms with Gasteiger partial charge < -0.3 is 29.7 Å². The molecule has 314 valence electrons. The van der Waals surface area contributed by atoms with Gasteiger partial charge in [-0.1, -0.05) is 19.1 Å². The van der Waals surface area contributed by atoms with Crippen LogP contribution in [0.1, 0.15) is 60.1 Å². The molecule has 3 aliphatic heterocycles. The van der Waals surface area contributed by atoms with Crippen molar-refractivity contribution in [2.24, 2.45) is 20.0 Å². The Morgan fingerprint density at radius 1 is 0.967 bits per heavy atom. The van der Waals surface area contributed by atoms with E-state index in [1.165, 1.54) is 11.6 Å². The van der Waals surface area contributed by atoms with Gasteiger partial charge in [0.15, 0.2) is 12.4 Å². The van der Waals surface area contributed by atoms with E-state index >= 15 is 0 Å². The van der Waals surface area contributed by atoms with Crippen LogP contribution in [0.25, 0.3) is 21.8 Å². The molecule has 3 fully saturated rings. The van der Waals surface area contributed by atoms with Crippen LogP contribution in [0.2, 0.25) is 0 Å². The number of piperazine rings is 1. The number of hydrogen-bond donors (Lipinski definition) is 3. The largest absolute Gasteiger partial charge is 0.478 e. The summed E-state index contributed by atoms with van der Waals surface area (Å²) in [6, 6.07) is 13.0. The molecule has 0 bridgehead atoms. The number of carbonyl (C=O) groups is 4. The van der Waals surface area contributed by atoms with Crippen molar-refractivity contribution in [3.8, 4) is 5.75 Å². The van der Waals surface area contributed by atoms with Crippen molar-refractivity contribution in [2.45, 2.75) is 44.9 Å². The minimum Gasteiger partial charge on any atom is -0.478 e. The van der Waals surface area contributed by atoms with E-state index in [0.717, 1.165) is 85.3 Å². The first-order valence-electron chi connectivity index (χ1n) is 20.7. The average Bonchev–Trinajstić information content (AvgIpc) is 3.60. The average molecular weight is 818 g/mol. The van der Waals surface area contributed by atoms with Crippen LogP contribution in [-0.2, 0) is 34.9 Å². The fourth-order valence-corrected chi connectivity index (χ4v) is 8.64. The third-order valence-electron chi connectivity index (χ3n) is 12.1.